The van der Waals surface area contributed by atoms with E-state index in [0.29, 0.717) is 5.02 Å². The molecular formula is C15H17ClN2O. The lowest BCUT2D eigenvalue weighted by atomic mass is 10.0. The number of hydrogen-bond acceptors (Lipinski definition) is 3. The van der Waals surface area contributed by atoms with Crippen LogP contribution in [0, 0.1) is 0 Å². The lowest BCUT2D eigenvalue weighted by Crippen LogP contribution is -2.23. The SMILES string of the molecule is CCNC(c1ccc(Cl)cn1)c1ccccc1OC. The van der Waals surface area contributed by atoms with Crippen molar-refractivity contribution in [2.45, 2.75) is 13.0 Å². The molecule has 1 unspecified atom stereocenters. The van der Waals surface area contributed by atoms with E-state index in [9.17, 15) is 0 Å². The van der Waals surface area contributed by atoms with Gasteiger partial charge in [0.1, 0.15) is 5.75 Å². The van der Waals surface area contributed by atoms with E-state index in [1.54, 1.807) is 13.3 Å². The molecule has 0 saturated heterocycles. The number of methoxy groups -OCH3 is 1. The van der Waals surface area contributed by atoms with Crippen LogP contribution in [0.25, 0.3) is 0 Å². The first-order valence-corrected chi connectivity index (χ1v) is 6.61. The molecule has 0 bridgehead atoms. The van der Waals surface area contributed by atoms with E-state index in [4.69, 9.17) is 16.3 Å². The summed E-state index contributed by atoms with van der Waals surface area (Å²) in [6.45, 7) is 2.91. The second-order valence-corrected chi connectivity index (χ2v) is 4.57. The fraction of sp³-hybridized carbons (Fsp3) is 0.267. The van der Waals surface area contributed by atoms with Gasteiger partial charge in [0.05, 0.1) is 23.9 Å². The summed E-state index contributed by atoms with van der Waals surface area (Å²) in [6, 6.07) is 11.7. The van der Waals surface area contributed by atoms with Gasteiger partial charge in [-0.1, -0.05) is 36.7 Å². The summed E-state index contributed by atoms with van der Waals surface area (Å²) >= 11 is 5.89. The van der Waals surface area contributed by atoms with Crippen LogP contribution in [0.2, 0.25) is 5.02 Å². The number of rotatable bonds is 5. The van der Waals surface area contributed by atoms with E-state index < -0.39 is 0 Å². The largest absolute Gasteiger partial charge is 0.496 e. The number of pyridine rings is 1. The molecule has 2 rings (SSSR count). The predicted molar refractivity (Wildman–Crippen MR) is 77.8 cm³/mol. The number of aromatic nitrogens is 1. The van der Waals surface area contributed by atoms with Gasteiger partial charge in [0.15, 0.2) is 0 Å². The van der Waals surface area contributed by atoms with Crippen LogP contribution in [-0.2, 0) is 0 Å². The standard InChI is InChI=1S/C15H17ClN2O/c1-3-17-15(13-9-8-11(16)10-18-13)12-6-4-5-7-14(12)19-2/h4-10,15,17H,3H2,1-2H3. The molecule has 1 aromatic carbocycles. The fourth-order valence-electron chi connectivity index (χ4n) is 2.04. The minimum absolute atomic E-state index is 0.00147. The second-order valence-electron chi connectivity index (χ2n) is 4.13. The third kappa shape index (κ3) is 3.25. The Bertz CT molecular complexity index is 528. The number of para-hydroxylation sites is 1. The normalized spacial score (nSPS) is 12.2. The third-order valence-electron chi connectivity index (χ3n) is 2.90. The van der Waals surface area contributed by atoms with Crippen molar-refractivity contribution in [3.63, 3.8) is 0 Å². The Morgan fingerprint density at radius 1 is 1.26 bits per heavy atom. The van der Waals surface area contributed by atoms with E-state index >= 15 is 0 Å². The molecule has 0 radical (unpaired) electrons. The van der Waals surface area contributed by atoms with E-state index in [0.717, 1.165) is 23.6 Å². The highest BCUT2D eigenvalue weighted by Gasteiger charge is 2.17. The Hall–Kier alpha value is -1.58. The van der Waals surface area contributed by atoms with Crippen LogP contribution in [-0.4, -0.2) is 18.6 Å². The lowest BCUT2D eigenvalue weighted by molar-refractivity contribution is 0.404. The Balaban J connectivity index is 2.42. The number of benzene rings is 1. The number of hydrogen-bond donors (Lipinski definition) is 1. The molecule has 1 aromatic heterocycles. The molecule has 0 spiro atoms. The average molecular weight is 277 g/mol. The molecule has 100 valence electrons. The van der Waals surface area contributed by atoms with Gasteiger partial charge in [-0.05, 0) is 24.7 Å². The van der Waals surface area contributed by atoms with Crippen LogP contribution in [0.1, 0.15) is 24.2 Å². The van der Waals surface area contributed by atoms with Gasteiger partial charge in [-0.2, -0.15) is 0 Å². The van der Waals surface area contributed by atoms with Crippen LogP contribution in [0.5, 0.6) is 5.75 Å². The second kappa shape index (κ2) is 6.55. The monoisotopic (exact) mass is 276 g/mol. The maximum Gasteiger partial charge on any atom is 0.124 e. The first-order chi connectivity index (χ1) is 9.26. The van der Waals surface area contributed by atoms with Gasteiger partial charge in [-0.15, -0.1) is 0 Å². The summed E-state index contributed by atoms with van der Waals surface area (Å²) in [6.07, 6.45) is 1.66. The van der Waals surface area contributed by atoms with Gasteiger partial charge < -0.3 is 10.1 Å². The summed E-state index contributed by atoms with van der Waals surface area (Å²) in [7, 11) is 1.68. The van der Waals surface area contributed by atoms with Gasteiger partial charge in [-0.25, -0.2) is 0 Å². The number of nitrogens with zero attached hydrogens (tertiary/aromatic N) is 1. The van der Waals surface area contributed by atoms with Gasteiger partial charge >= 0.3 is 0 Å². The van der Waals surface area contributed by atoms with Crippen molar-refractivity contribution in [2.75, 3.05) is 13.7 Å². The zero-order chi connectivity index (χ0) is 13.7. The molecule has 0 amide bonds. The van der Waals surface area contributed by atoms with Crippen molar-refractivity contribution in [1.29, 1.82) is 0 Å². The highest BCUT2D eigenvalue weighted by molar-refractivity contribution is 6.30. The Kier molecular flexibility index (Phi) is 4.77. The molecule has 19 heavy (non-hydrogen) atoms. The molecule has 1 atom stereocenters. The smallest absolute Gasteiger partial charge is 0.124 e. The van der Waals surface area contributed by atoms with Crippen LogP contribution < -0.4 is 10.1 Å². The maximum absolute atomic E-state index is 5.89. The van der Waals surface area contributed by atoms with Gasteiger partial charge in [-0.3, -0.25) is 4.98 Å². The van der Waals surface area contributed by atoms with Crippen molar-refractivity contribution in [3.05, 3.63) is 58.9 Å². The van der Waals surface area contributed by atoms with Gasteiger partial charge in [0.2, 0.25) is 0 Å². The molecule has 0 aliphatic carbocycles. The highest BCUT2D eigenvalue weighted by atomic mass is 35.5. The first kappa shape index (κ1) is 13.8. The van der Waals surface area contributed by atoms with Crippen LogP contribution in [0.4, 0.5) is 0 Å². The molecule has 2 aromatic rings. The van der Waals surface area contributed by atoms with Crippen molar-refractivity contribution < 1.29 is 4.74 Å². The summed E-state index contributed by atoms with van der Waals surface area (Å²) in [5.74, 6) is 0.852. The number of nitrogens with one attached hydrogen (secondary N) is 1. The Morgan fingerprint density at radius 2 is 2.05 bits per heavy atom. The summed E-state index contributed by atoms with van der Waals surface area (Å²) in [4.78, 5) is 4.40. The maximum atomic E-state index is 5.89. The average Bonchev–Trinajstić information content (AvgIpc) is 2.46. The number of halogens is 1. The minimum Gasteiger partial charge on any atom is -0.496 e. The lowest BCUT2D eigenvalue weighted by Gasteiger charge is -2.20. The Labute approximate surface area is 118 Å². The molecule has 1 N–H and O–H groups in total. The molecular weight excluding hydrogens is 260 g/mol. The van der Waals surface area contributed by atoms with Crippen LogP contribution in [0.15, 0.2) is 42.6 Å². The molecule has 0 aliphatic rings. The van der Waals surface area contributed by atoms with E-state index in [2.05, 4.69) is 17.2 Å². The minimum atomic E-state index is -0.00147. The zero-order valence-corrected chi connectivity index (χ0v) is 11.8. The van der Waals surface area contributed by atoms with Crippen molar-refractivity contribution in [2.24, 2.45) is 0 Å². The van der Waals surface area contributed by atoms with Crippen molar-refractivity contribution >= 4 is 11.6 Å². The van der Waals surface area contributed by atoms with E-state index in [1.807, 2.05) is 36.4 Å². The van der Waals surface area contributed by atoms with Crippen molar-refractivity contribution in [1.82, 2.24) is 10.3 Å². The molecule has 3 nitrogen and oxygen atoms in total. The van der Waals surface area contributed by atoms with Crippen LogP contribution >= 0.6 is 11.6 Å². The highest BCUT2D eigenvalue weighted by Crippen LogP contribution is 2.29. The summed E-state index contributed by atoms with van der Waals surface area (Å²) < 4.78 is 5.42. The van der Waals surface area contributed by atoms with Gasteiger partial charge in [0, 0.05) is 11.8 Å². The van der Waals surface area contributed by atoms with Crippen LogP contribution in [0.3, 0.4) is 0 Å². The molecule has 4 heteroatoms. The summed E-state index contributed by atoms with van der Waals surface area (Å²) in [5.41, 5.74) is 2.00. The first-order valence-electron chi connectivity index (χ1n) is 6.24. The predicted octanol–water partition coefficient (Wildman–Crippen LogP) is 3.44. The molecule has 1 heterocycles. The topological polar surface area (TPSA) is 34.2 Å². The third-order valence-corrected chi connectivity index (χ3v) is 3.13. The fourth-order valence-corrected chi connectivity index (χ4v) is 2.15. The van der Waals surface area contributed by atoms with Gasteiger partial charge in [0.25, 0.3) is 0 Å². The Morgan fingerprint density at radius 3 is 2.68 bits per heavy atom. The van der Waals surface area contributed by atoms with E-state index in [-0.39, 0.29) is 6.04 Å². The zero-order valence-electron chi connectivity index (χ0n) is 11.1. The molecule has 0 saturated carbocycles. The summed E-state index contributed by atoms with van der Waals surface area (Å²) in [5, 5.41) is 4.06. The van der Waals surface area contributed by atoms with Crippen molar-refractivity contribution in [3.8, 4) is 5.75 Å². The molecule has 0 aliphatic heterocycles. The van der Waals surface area contributed by atoms with E-state index in [1.165, 1.54) is 0 Å². The number of ether oxygens (including phenoxy) is 1. The molecule has 0 fully saturated rings. The quantitative estimate of drug-likeness (QED) is 0.908.